The Bertz CT molecular complexity index is 409. The van der Waals surface area contributed by atoms with Crippen molar-refractivity contribution in [2.24, 2.45) is 5.92 Å². The summed E-state index contributed by atoms with van der Waals surface area (Å²) in [6, 6.07) is 0.173. The highest BCUT2D eigenvalue weighted by molar-refractivity contribution is 7.87. The lowest BCUT2D eigenvalue weighted by molar-refractivity contribution is 0.228. The van der Waals surface area contributed by atoms with E-state index in [1.54, 1.807) is 4.31 Å². The summed E-state index contributed by atoms with van der Waals surface area (Å²) in [5.41, 5.74) is 0. The van der Waals surface area contributed by atoms with Crippen LogP contribution in [0.4, 0.5) is 0 Å². The van der Waals surface area contributed by atoms with Gasteiger partial charge in [-0.3, -0.25) is 0 Å². The van der Waals surface area contributed by atoms with Gasteiger partial charge in [-0.15, -0.1) is 0 Å². The molecule has 1 saturated carbocycles. The second kappa shape index (κ2) is 7.90. The van der Waals surface area contributed by atoms with E-state index in [-0.39, 0.29) is 12.1 Å². The van der Waals surface area contributed by atoms with E-state index in [1.807, 2.05) is 6.92 Å². The second-order valence-corrected chi connectivity index (χ2v) is 8.22. The molecule has 2 unspecified atom stereocenters. The zero-order chi connectivity index (χ0) is 15.3. The number of hydrogen-bond donors (Lipinski definition) is 2. The summed E-state index contributed by atoms with van der Waals surface area (Å²) in [5.74, 6) is 0.529. The van der Waals surface area contributed by atoms with Crippen molar-refractivity contribution in [3.05, 3.63) is 0 Å². The van der Waals surface area contributed by atoms with Gasteiger partial charge in [-0.05, 0) is 51.5 Å². The van der Waals surface area contributed by atoms with Gasteiger partial charge in [-0.1, -0.05) is 19.8 Å². The largest absolute Gasteiger partial charge is 0.315 e. The van der Waals surface area contributed by atoms with Gasteiger partial charge in [-0.2, -0.15) is 17.4 Å². The fraction of sp³-hybridized carbons (Fsp3) is 1.00. The molecule has 2 N–H and O–H groups in total. The van der Waals surface area contributed by atoms with Gasteiger partial charge in [0.25, 0.3) is 10.2 Å². The summed E-state index contributed by atoms with van der Waals surface area (Å²) < 4.78 is 30.0. The van der Waals surface area contributed by atoms with Crippen LogP contribution >= 0.6 is 0 Å². The van der Waals surface area contributed by atoms with E-state index < -0.39 is 10.2 Å². The van der Waals surface area contributed by atoms with Crippen molar-refractivity contribution in [3.8, 4) is 0 Å². The molecule has 2 fully saturated rings. The molecule has 2 atom stereocenters. The van der Waals surface area contributed by atoms with Crippen LogP contribution in [-0.4, -0.2) is 44.4 Å². The normalized spacial score (nSPS) is 26.5. The highest BCUT2D eigenvalue weighted by atomic mass is 32.2. The predicted molar refractivity (Wildman–Crippen MR) is 86.4 cm³/mol. The molecule has 1 aliphatic carbocycles. The van der Waals surface area contributed by atoms with Gasteiger partial charge >= 0.3 is 0 Å². The van der Waals surface area contributed by atoms with Crippen LogP contribution in [0, 0.1) is 5.92 Å². The summed E-state index contributed by atoms with van der Waals surface area (Å²) in [4.78, 5) is 0. The van der Waals surface area contributed by atoms with Gasteiger partial charge < -0.3 is 5.32 Å². The molecule has 1 saturated heterocycles. The van der Waals surface area contributed by atoms with Crippen molar-refractivity contribution in [3.63, 3.8) is 0 Å². The molecule has 21 heavy (non-hydrogen) atoms. The summed E-state index contributed by atoms with van der Waals surface area (Å²) in [6.07, 6.45) is 7.71. The van der Waals surface area contributed by atoms with E-state index >= 15 is 0 Å². The van der Waals surface area contributed by atoms with E-state index in [2.05, 4.69) is 17.0 Å². The van der Waals surface area contributed by atoms with Gasteiger partial charge in [-0.25, -0.2) is 0 Å². The Kier molecular flexibility index (Phi) is 6.47. The van der Waals surface area contributed by atoms with Gasteiger partial charge in [0, 0.05) is 25.2 Å². The maximum absolute atomic E-state index is 12.7. The van der Waals surface area contributed by atoms with Crippen LogP contribution in [0.5, 0.6) is 0 Å². The molecule has 1 heterocycles. The average molecular weight is 317 g/mol. The average Bonchev–Trinajstić information content (AvgIpc) is 2.36. The number of nitrogens with one attached hydrogen (secondary N) is 2. The Morgan fingerprint density at radius 3 is 2.57 bits per heavy atom. The molecular weight excluding hydrogens is 286 g/mol. The molecule has 0 aromatic heterocycles. The van der Waals surface area contributed by atoms with Crippen molar-refractivity contribution >= 4 is 10.2 Å². The molecule has 6 heteroatoms. The zero-order valence-electron chi connectivity index (χ0n) is 13.5. The molecule has 5 nitrogen and oxygen atoms in total. The van der Waals surface area contributed by atoms with Crippen molar-refractivity contribution in [1.29, 1.82) is 0 Å². The SMILES string of the molecule is CCCNCC1CCCCN1S(=O)(=O)NC(C)C1CCC1. The minimum absolute atomic E-state index is 0.0647. The molecule has 1 aliphatic heterocycles. The molecule has 124 valence electrons. The van der Waals surface area contributed by atoms with Gasteiger partial charge in [0.05, 0.1) is 0 Å². The minimum atomic E-state index is -3.35. The Hall–Kier alpha value is -0.170. The molecule has 0 amide bonds. The van der Waals surface area contributed by atoms with Crippen LogP contribution in [0.2, 0.25) is 0 Å². The molecule has 2 rings (SSSR count). The monoisotopic (exact) mass is 317 g/mol. The standard InChI is InChI=1S/C15H31N3O2S/c1-3-10-16-12-15-9-4-5-11-18(15)21(19,20)17-13(2)14-7-6-8-14/h13-17H,3-12H2,1-2H3. The Labute approximate surface area is 130 Å². The van der Waals surface area contributed by atoms with E-state index in [4.69, 9.17) is 0 Å². The van der Waals surface area contributed by atoms with E-state index in [0.29, 0.717) is 12.5 Å². The lowest BCUT2D eigenvalue weighted by atomic mass is 9.81. The third-order valence-corrected chi connectivity index (χ3v) is 6.65. The molecule has 0 spiro atoms. The van der Waals surface area contributed by atoms with Gasteiger partial charge in [0.2, 0.25) is 0 Å². The summed E-state index contributed by atoms with van der Waals surface area (Å²) in [6.45, 7) is 6.52. The molecule has 0 aromatic rings. The predicted octanol–water partition coefficient (Wildman–Crippen LogP) is 1.86. The second-order valence-electron chi connectivity index (χ2n) is 6.57. The van der Waals surface area contributed by atoms with E-state index in [1.165, 1.54) is 6.42 Å². The fourth-order valence-electron chi connectivity index (χ4n) is 3.28. The van der Waals surface area contributed by atoms with Crippen LogP contribution in [0.15, 0.2) is 0 Å². The van der Waals surface area contributed by atoms with Crippen LogP contribution in [-0.2, 0) is 10.2 Å². The first-order chi connectivity index (χ1) is 10.0. The van der Waals surface area contributed by atoms with Crippen molar-refractivity contribution < 1.29 is 8.42 Å². The number of piperidine rings is 1. The molecule has 0 bridgehead atoms. The smallest absolute Gasteiger partial charge is 0.279 e. The van der Waals surface area contributed by atoms with Crippen LogP contribution in [0.3, 0.4) is 0 Å². The zero-order valence-corrected chi connectivity index (χ0v) is 14.3. The van der Waals surface area contributed by atoms with Crippen molar-refractivity contribution in [2.45, 2.75) is 70.9 Å². The molecule has 2 aliphatic rings. The van der Waals surface area contributed by atoms with Gasteiger partial charge in [0.15, 0.2) is 0 Å². The third-order valence-electron chi connectivity index (χ3n) is 4.88. The maximum atomic E-state index is 12.7. The van der Waals surface area contributed by atoms with Crippen molar-refractivity contribution in [2.75, 3.05) is 19.6 Å². The molecule has 0 aromatic carbocycles. The molecule has 0 radical (unpaired) electrons. The lowest BCUT2D eigenvalue weighted by Crippen LogP contribution is -2.55. The summed E-state index contributed by atoms with van der Waals surface area (Å²) >= 11 is 0. The summed E-state index contributed by atoms with van der Waals surface area (Å²) in [5, 5.41) is 3.37. The van der Waals surface area contributed by atoms with Crippen LogP contribution < -0.4 is 10.0 Å². The minimum Gasteiger partial charge on any atom is -0.315 e. The van der Waals surface area contributed by atoms with E-state index in [9.17, 15) is 8.42 Å². The summed E-state index contributed by atoms with van der Waals surface area (Å²) in [7, 11) is -3.35. The first-order valence-electron chi connectivity index (χ1n) is 8.54. The maximum Gasteiger partial charge on any atom is 0.279 e. The molecular formula is C15H31N3O2S. The quantitative estimate of drug-likeness (QED) is 0.672. The lowest BCUT2D eigenvalue weighted by Gasteiger charge is -2.38. The first kappa shape index (κ1) is 17.2. The van der Waals surface area contributed by atoms with Crippen LogP contribution in [0.25, 0.3) is 0 Å². The van der Waals surface area contributed by atoms with Crippen LogP contribution in [0.1, 0.15) is 58.8 Å². The Balaban J connectivity index is 1.93. The first-order valence-corrected chi connectivity index (χ1v) is 9.98. The Morgan fingerprint density at radius 2 is 1.95 bits per heavy atom. The number of rotatable bonds is 8. The Morgan fingerprint density at radius 1 is 1.19 bits per heavy atom. The fourth-order valence-corrected chi connectivity index (χ4v) is 5.02. The topological polar surface area (TPSA) is 61.4 Å². The highest BCUT2D eigenvalue weighted by Gasteiger charge is 2.35. The van der Waals surface area contributed by atoms with Gasteiger partial charge in [0.1, 0.15) is 0 Å². The third kappa shape index (κ3) is 4.65. The highest BCUT2D eigenvalue weighted by Crippen LogP contribution is 2.30. The van der Waals surface area contributed by atoms with Crippen molar-refractivity contribution in [1.82, 2.24) is 14.3 Å². The van der Waals surface area contributed by atoms with E-state index in [0.717, 1.165) is 51.6 Å². The number of hydrogen-bond acceptors (Lipinski definition) is 3. The number of nitrogens with zero attached hydrogens (tertiary/aromatic N) is 1.